The van der Waals surface area contributed by atoms with E-state index in [1.807, 2.05) is 6.92 Å². The summed E-state index contributed by atoms with van der Waals surface area (Å²) in [6, 6.07) is 4.34. The minimum atomic E-state index is -3.67. The molecule has 1 heterocycles. The quantitative estimate of drug-likeness (QED) is 0.822. The second kappa shape index (κ2) is 7.53. The fourth-order valence-electron chi connectivity index (χ4n) is 3.02. The first-order valence-corrected chi connectivity index (χ1v) is 9.79. The summed E-state index contributed by atoms with van der Waals surface area (Å²) < 4.78 is 26.8. The smallest absolute Gasteiger partial charge is 0.308 e. The van der Waals surface area contributed by atoms with Crippen molar-refractivity contribution in [3.63, 3.8) is 0 Å². The maximum absolute atomic E-state index is 13.0. The van der Waals surface area contributed by atoms with Crippen LogP contribution in [0.5, 0.6) is 0 Å². The molecule has 1 saturated heterocycles. The fraction of sp³-hybridized carbons (Fsp3) is 0.529. The topological polar surface area (TPSA) is 104 Å². The van der Waals surface area contributed by atoms with E-state index in [0.29, 0.717) is 18.4 Å². The number of sulfonamides is 1. The summed E-state index contributed by atoms with van der Waals surface area (Å²) in [4.78, 5) is 25.8. The Hall–Kier alpha value is -1.93. The minimum absolute atomic E-state index is 0.0303. The molecule has 138 valence electrons. The Morgan fingerprint density at radius 1 is 1.32 bits per heavy atom. The van der Waals surface area contributed by atoms with Crippen LogP contribution in [0.1, 0.15) is 42.6 Å². The number of hydrogen-bond acceptors (Lipinski definition) is 4. The molecule has 1 aliphatic heterocycles. The standard InChI is InChI=1S/C17H24N2O5S/c1-4-18-25(23,24)14-8-5-11(2)15(9-14)16(20)19-10-13(17(21)22)7-6-12(19)3/h5,8-9,12-13,18H,4,6-7,10H2,1-3H3,(H,21,22). The van der Waals surface area contributed by atoms with Crippen molar-refractivity contribution in [3.8, 4) is 0 Å². The highest BCUT2D eigenvalue weighted by Crippen LogP contribution is 2.26. The zero-order valence-electron chi connectivity index (χ0n) is 14.7. The van der Waals surface area contributed by atoms with E-state index in [0.717, 1.165) is 0 Å². The van der Waals surface area contributed by atoms with Gasteiger partial charge in [0.05, 0.1) is 10.8 Å². The highest BCUT2D eigenvalue weighted by molar-refractivity contribution is 7.89. The number of nitrogens with one attached hydrogen (secondary N) is 1. The number of aliphatic carboxylic acids is 1. The number of likely N-dealkylation sites (tertiary alicyclic amines) is 1. The summed E-state index contributed by atoms with van der Waals surface area (Å²) in [5.41, 5.74) is 0.946. The van der Waals surface area contributed by atoms with Gasteiger partial charge in [0.25, 0.3) is 5.91 Å². The molecule has 0 saturated carbocycles. The zero-order valence-corrected chi connectivity index (χ0v) is 15.5. The Morgan fingerprint density at radius 2 is 2.00 bits per heavy atom. The van der Waals surface area contributed by atoms with E-state index < -0.39 is 21.9 Å². The lowest BCUT2D eigenvalue weighted by Gasteiger charge is -2.36. The van der Waals surface area contributed by atoms with Crippen molar-refractivity contribution in [1.29, 1.82) is 0 Å². The van der Waals surface area contributed by atoms with E-state index in [2.05, 4.69) is 4.72 Å². The van der Waals surface area contributed by atoms with Crippen molar-refractivity contribution in [3.05, 3.63) is 29.3 Å². The molecule has 1 aliphatic rings. The molecule has 25 heavy (non-hydrogen) atoms. The lowest BCUT2D eigenvalue weighted by atomic mass is 9.92. The number of aryl methyl sites for hydroxylation is 1. The maximum Gasteiger partial charge on any atom is 0.308 e. The van der Waals surface area contributed by atoms with Gasteiger partial charge in [-0.1, -0.05) is 13.0 Å². The summed E-state index contributed by atoms with van der Waals surface area (Å²) in [5.74, 6) is -1.83. The van der Waals surface area contributed by atoms with Gasteiger partial charge < -0.3 is 10.0 Å². The number of amides is 1. The molecule has 7 nitrogen and oxygen atoms in total. The Balaban J connectivity index is 2.36. The largest absolute Gasteiger partial charge is 0.481 e. The Bertz CT molecular complexity index is 775. The van der Waals surface area contributed by atoms with Crippen molar-refractivity contribution in [1.82, 2.24) is 9.62 Å². The van der Waals surface area contributed by atoms with Crippen LogP contribution < -0.4 is 4.72 Å². The van der Waals surface area contributed by atoms with Crippen LogP contribution in [0, 0.1) is 12.8 Å². The number of benzene rings is 1. The molecule has 1 aromatic carbocycles. The van der Waals surface area contributed by atoms with E-state index in [1.54, 1.807) is 19.9 Å². The van der Waals surface area contributed by atoms with Gasteiger partial charge in [-0.2, -0.15) is 0 Å². The molecule has 2 rings (SSSR count). The maximum atomic E-state index is 13.0. The number of carbonyl (C=O) groups excluding carboxylic acids is 1. The van der Waals surface area contributed by atoms with Gasteiger partial charge >= 0.3 is 5.97 Å². The van der Waals surface area contributed by atoms with Crippen molar-refractivity contribution < 1.29 is 23.1 Å². The first-order valence-electron chi connectivity index (χ1n) is 8.31. The number of carboxylic acids is 1. The summed E-state index contributed by atoms with van der Waals surface area (Å²) >= 11 is 0. The lowest BCUT2D eigenvalue weighted by molar-refractivity contribution is -0.143. The molecule has 2 atom stereocenters. The highest BCUT2D eigenvalue weighted by Gasteiger charge is 2.33. The van der Waals surface area contributed by atoms with E-state index >= 15 is 0 Å². The van der Waals surface area contributed by atoms with E-state index in [-0.39, 0.29) is 35.5 Å². The number of carboxylic acid groups (broad SMARTS) is 1. The van der Waals surface area contributed by atoms with Crippen molar-refractivity contribution in [2.75, 3.05) is 13.1 Å². The second-order valence-corrected chi connectivity index (χ2v) is 8.16. The van der Waals surface area contributed by atoms with Gasteiger partial charge in [0.1, 0.15) is 0 Å². The van der Waals surface area contributed by atoms with Crippen LogP contribution in [-0.2, 0) is 14.8 Å². The van der Waals surface area contributed by atoms with Crippen molar-refractivity contribution in [2.24, 2.45) is 5.92 Å². The Labute approximate surface area is 148 Å². The van der Waals surface area contributed by atoms with Gasteiger partial charge in [0, 0.05) is 24.7 Å². The van der Waals surface area contributed by atoms with Crippen LogP contribution in [0.25, 0.3) is 0 Å². The van der Waals surface area contributed by atoms with Crippen molar-refractivity contribution >= 4 is 21.9 Å². The van der Waals surface area contributed by atoms with Gasteiger partial charge in [0.15, 0.2) is 0 Å². The van der Waals surface area contributed by atoms with E-state index in [4.69, 9.17) is 0 Å². The number of piperidine rings is 1. The van der Waals surface area contributed by atoms with E-state index in [9.17, 15) is 23.1 Å². The normalized spacial score (nSPS) is 21.2. The van der Waals surface area contributed by atoms with Crippen LogP contribution in [0.2, 0.25) is 0 Å². The third kappa shape index (κ3) is 4.19. The SMILES string of the molecule is CCNS(=O)(=O)c1ccc(C)c(C(=O)N2CC(C(=O)O)CCC2C)c1. The van der Waals surface area contributed by atoms with Crippen LogP contribution >= 0.6 is 0 Å². The molecular weight excluding hydrogens is 344 g/mol. The van der Waals surface area contributed by atoms with Gasteiger partial charge in [0.2, 0.25) is 10.0 Å². The summed E-state index contributed by atoms with van der Waals surface area (Å²) in [6.45, 7) is 5.69. The molecular formula is C17H24N2O5S. The number of nitrogens with zero attached hydrogens (tertiary/aromatic N) is 1. The first kappa shape index (κ1) is 19.4. The molecule has 8 heteroatoms. The average Bonchev–Trinajstić information content (AvgIpc) is 2.54. The number of hydrogen-bond donors (Lipinski definition) is 2. The third-order valence-electron chi connectivity index (χ3n) is 4.58. The molecule has 0 radical (unpaired) electrons. The summed E-state index contributed by atoms with van der Waals surface area (Å²) in [5, 5.41) is 9.23. The molecule has 0 aliphatic carbocycles. The van der Waals surface area contributed by atoms with Crippen LogP contribution in [0.3, 0.4) is 0 Å². The first-order chi connectivity index (χ1) is 11.7. The molecule has 2 N–H and O–H groups in total. The monoisotopic (exact) mass is 368 g/mol. The Kier molecular flexibility index (Phi) is 5.84. The average molecular weight is 368 g/mol. The fourth-order valence-corrected chi connectivity index (χ4v) is 4.09. The molecule has 1 fully saturated rings. The van der Waals surface area contributed by atoms with Crippen LogP contribution in [0.15, 0.2) is 23.1 Å². The summed E-state index contributed by atoms with van der Waals surface area (Å²) in [7, 11) is -3.67. The van der Waals surface area contributed by atoms with Crippen LogP contribution in [-0.4, -0.2) is 49.4 Å². The zero-order chi connectivity index (χ0) is 18.8. The molecule has 0 spiro atoms. The molecule has 1 amide bonds. The highest BCUT2D eigenvalue weighted by atomic mass is 32.2. The number of rotatable bonds is 5. The van der Waals surface area contributed by atoms with Gasteiger partial charge in [-0.25, -0.2) is 13.1 Å². The van der Waals surface area contributed by atoms with Gasteiger partial charge in [-0.05, 0) is 44.4 Å². The minimum Gasteiger partial charge on any atom is -0.481 e. The van der Waals surface area contributed by atoms with E-state index in [1.165, 1.54) is 17.0 Å². The Morgan fingerprint density at radius 3 is 2.60 bits per heavy atom. The van der Waals surface area contributed by atoms with Gasteiger partial charge in [-0.3, -0.25) is 9.59 Å². The summed E-state index contributed by atoms with van der Waals surface area (Å²) in [6.07, 6.45) is 1.14. The predicted molar refractivity (Wildman–Crippen MR) is 92.9 cm³/mol. The molecule has 1 aromatic rings. The molecule has 0 bridgehead atoms. The predicted octanol–water partition coefficient (Wildman–Crippen LogP) is 1.62. The number of carbonyl (C=O) groups is 2. The van der Waals surface area contributed by atoms with Gasteiger partial charge in [-0.15, -0.1) is 0 Å². The molecule has 2 unspecified atom stereocenters. The lowest BCUT2D eigenvalue weighted by Crippen LogP contribution is -2.47. The molecule has 0 aromatic heterocycles. The van der Waals surface area contributed by atoms with Crippen LogP contribution in [0.4, 0.5) is 0 Å². The van der Waals surface area contributed by atoms with Crippen molar-refractivity contribution in [2.45, 2.75) is 44.6 Å². The second-order valence-electron chi connectivity index (χ2n) is 6.40. The third-order valence-corrected chi connectivity index (χ3v) is 6.12.